The Morgan fingerprint density at radius 3 is 2.25 bits per heavy atom. The molecule has 1 aliphatic rings. The molecule has 0 unspecified atom stereocenters. The highest BCUT2D eigenvalue weighted by Gasteiger charge is 2.49. The monoisotopic (exact) mass is 385 g/mol. The standard InChI is InChI=1S/C17H17Cl2NO3S/c1-11(2)20-16(12-6-8-14(18)9-7-12)17(23-24(20,21)22)13-4-3-5-15(19)10-13/h3-11,16-17H,1-2H3/t16-,17-/m1/s1. The van der Waals surface area contributed by atoms with Gasteiger partial charge in [-0.2, -0.15) is 12.7 Å². The van der Waals surface area contributed by atoms with Gasteiger partial charge in [0.05, 0.1) is 6.04 Å². The highest BCUT2D eigenvalue weighted by atomic mass is 35.5. The Bertz CT molecular complexity index is 837. The van der Waals surface area contributed by atoms with E-state index in [9.17, 15) is 8.42 Å². The van der Waals surface area contributed by atoms with Gasteiger partial charge in [-0.3, -0.25) is 0 Å². The van der Waals surface area contributed by atoms with E-state index < -0.39 is 22.4 Å². The molecule has 0 amide bonds. The molecule has 4 nitrogen and oxygen atoms in total. The third kappa shape index (κ3) is 3.32. The van der Waals surface area contributed by atoms with Gasteiger partial charge >= 0.3 is 10.3 Å². The third-order valence-corrected chi connectivity index (χ3v) is 6.04. The summed E-state index contributed by atoms with van der Waals surface area (Å²) < 4.78 is 32.0. The van der Waals surface area contributed by atoms with E-state index in [2.05, 4.69) is 0 Å². The molecule has 2 atom stereocenters. The van der Waals surface area contributed by atoms with Crippen LogP contribution in [0.1, 0.15) is 37.1 Å². The van der Waals surface area contributed by atoms with Crippen molar-refractivity contribution in [3.63, 3.8) is 0 Å². The van der Waals surface area contributed by atoms with Crippen molar-refractivity contribution in [2.24, 2.45) is 0 Å². The van der Waals surface area contributed by atoms with E-state index in [4.69, 9.17) is 27.4 Å². The lowest BCUT2D eigenvalue weighted by Crippen LogP contribution is -2.34. The smallest absolute Gasteiger partial charge is 0.248 e. The lowest BCUT2D eigenvalue weighted by Gasteiger charge is -2.27. The van der Waals surface area contributed by atoms with Crippen LogP contribution in [0, 0.1) is 0 Å². The minimum Gasteiger partial charge on any atom is -0.248 e. The molecule has 0 bridgehead atoms. The predicted molar refractivity (Wildman–Crippen MR) is 95.4 cm³/mol. The highest BCUT2D eigenvalue weighted by molar-refractivity contribution is 7.84. The largest absolute Gasteiger partial charge is 0.339 e. The van der Waals surface area contributed by atoms with E-state index >= 15 is 0 Å². The lowest BCUT2D eigenvalue weighted by atomic mass is 9.95. The molecular weight excluding hydrogens is 369 g/mol. The van der Waals surface area contributed by atoms with Gasteiger partial charge in [0.1, 0.15) is 6.10 Å². The van der Waals surface area contributed by atoms with Gasteiger partial charge in [0.2, 0.25) is 0 Å². The quantitative estimate of drug-likeness (QED) is 0.764. The summed E-state index contributed by atoms with van der Waals surface area (Å²) in [5, 5.41) is 1.13. The zero-order valence-corrected chi connectivity index (χ0v) is 15.5. The second kappa shape index (κ2) is 6.65. The number of halogens is 2. The first-order valence-corrected chi connectivity index (χ1v) is 9.64. The van der Waals surface area contributed by atoms with Crippen LogP contribution in [0.15, 0.2) is 48.5 Å². The molecule has 1 saturated heterocycles. The van der Waals surface area contributed by atoms with Crippen LogP contribution in [0.25, 0.3) is 0 Å². The third-order valence-electron chi connectivity index (χ3n) is 3.94. The molecule has 1 aliphatic heterocycles. The summed E-state index contributed by atoms with van der Waals surface area (Å²) in [5.41, 5.74) is 1.54. The van der Waals surface area contributed by atoms with E-state index in [-0.39, 0.29) is 6.04 Å². The fourth-order valence-corrected chi connectivity index (χ4v) is 4.92. The van der Waals surface area contributed by atoms with E-state index in [1.807, 2.05) is 32.0 Å². The van der Waals surface area contributed by atoms with Crippen LogP contribution in [0.3, 0.4) is 0 Å². The first-order valence-electron chi connectivity index (χ1n) is 7.52. The van der Waals surface area contributed by atoms with Crippen LogP contribution in [0.2, 0.25) is 10.0 Å². The van der Waals surface area contributed by atoms with Gasteiger partial charge in [0, 0.05) is 16.1 Å². The summed E-state index contributed by atoms with van der Waals surface area (Å²) in [6, 6.07) is 13.5. The summed E-state index contributed by atoms with van der Waals surface area (Å²) in [4.78, 5) is 0. The average Bonchev–Trinajstić information content (AvgIpc) is 2.80. The van der Waals surface area contributed by atoms with E-state index in [0.29, 0.717) is 15.6 Å². The molecule has 0 radical (unpaired) electrons. The summed E-state index contributed by atoms with van der Waals surface area (Å²) in [7, 11) is -3.85. The Morgan fingerprint density at radius 1 is 1.00 bits per heavy atom. The lowest BCUT2D eigenvalue weighted by molar-refractivity contribution is 0.188. The van der Waals surface area contributed by atoms with Crippen LogP contribution >= 0.6 is 23.2 Å². The van der Waals surface area contributed by atoms with Crippen LogP contribution < -0.4 is 0 Å². The second-order valence-electron chi connectivity index (χ2n) is 5.95. The summed E-state index contributed by atoms with van der Waals surface area (Å²) >= 11 is 12.0. The summed E-state index contributed by atoms with van der Waals surface area (Å²) in [6.45, 7) is 3.65. The van der Waals surface area contributed by atoms with Crippen molar-refractivity contribution < 1.29 is 12.6 Å². The molecule has 1 heterocycles. The van der Waals surface area contributed by atoms with Gasteiger partial charge in [0.15, 0.2) is 0 Å². The SMILES string of the molecule is CC(C)N1[C@H](c2ccc(Cl)cc2)[C@@H](c2cccc(Cl)c2)OS1(=O)=O. The van der Waals surface area contributed by atoms with Gasteiger partial charge in [-0.1, -0.05) is 47.5 Å². The van der Waals surface area contributed by atoms with Crippen LogP contribution in [0.5, 0.6) is 0 Å². The molecule has 0 spiro atoms. The molecule has 128 valence electrons. The van der Waals surface area contributed by atoms with E-state index in [0.717, 1.165) is 5.56 Å². The zero-order valence-electron chi connectivity index (χ0n) is 13.2. The fraction of sp³-hybridized carbons (Fsp3) is 0.294. The summed E-state index contributed by atoms with van der Waals surface area (Å²) in [5.74, 6) is 0. The summed E-state index contributed by atoms with van der Waals surface area (Å²) in [6.07, 6.45) is -0.669. The van der Waals surface area contributed by atoms with Gasteiger partial charge < -0.3 is 0 Å². The number of benzene rings is 2. The van der Waals surface area contributed by atoms with Crippen molar-refractivity contribution in [3.8, 4) is 0 Å². The van der Waals surface area contributed by atoms with Crippen LogP contribution in [0.4, 0.5) is 0 Å². The molecule has 2 aromatic rings. The molecule has 1 fully saturated rings. The number of nitrogens with zero attached hydrogens (tertiary/aromatic N) is 1. The Labute approximate surface area is 152 Å². The first-order chi connectivity index (χ1) is 11.3. The Kier molecular flexibility index (Phi) is 4.91. The maximum absolute atomic E-state index is 12.6. The predicted octanol–water partition coefficient (Wildman–Crippen LogP) is 4.76. The second-order valence-corrected chi connectivity index (χ2v) is 8.29. The van der Waals surface area contributed by atoms with Crippen LogP contribution in [-0.2, 0) is 14.5 Å². The van der Waals surface area contributed by atoms with E-state index in [1.54, 1.807) is 30.3 Å². The van der Waals surface area contributed by atoms with Crippen molar-refractivity contribution >= 4 is 33.5 Å². The molecule has 7 heteroatoms. The average molecular weight is 386 g/mol. The molecular formula is C17H17Cl2NO3S. The van der Waals surface area contributed by atoms with Gasteiger partial charge in [0.25, 0.3) is 0 Å². The molecule has 0 aromatic heterocycles. The van der Waals surface area contributed by atoms with Gasteiger partial charge in [-0.15, -0.1) is 0 Å². The van der Waals surface area contributed by atoms with Crippen molar-refractivity contribution in [1.82, 2.24) is 4.31 Å². The molecule has 0 saturated carbocycles. The first kappa shape index (κ1) is 17.7. The molecule has 0 aliphatic carbocycles. The van der Waals surface area contributed by atoms with Crippen molar-refractivity contribution in [2.45, 2.75) is 32.0 Å². The minimum absolute atomic E-state index is 0.250. The van der Waals surface area contributed by atoms with Crippen molar-refractivity contribution in [1.29, 1.82) is 0 Å². The van der Waals surface area contributed by atoms with E-state index in [1.165, 1.54) is 4.31 Å². The molecule has 24 heavy (non-hydrogen) atoms. The van der Waals surface area contributed by atoms with Crippen molar-refractivity contribution in [3.05, 3.63) is 69.7 Å². The van der Waals surface area contributed by atoms with Gasteiger partial charge in [-0.25, -0.2) is 4.18 Å². The van der Waals surface area contributed by atoms with Crippen LogP contribution in [-0.4, -0.2) is 18.8 Å². The minimum atomic E-state index is -3.85. The number of rotatable bonds is 3. The normalized spacial score (nSPS) is 23.7. The molecule has 0 N–H and O–H groups in total. The topological polar surface area (TPSA) is 46.6 Å². The fourth-order valence-electron chi connectivity index (χ4n) is 2.99. The number of hydrogen-bond donors (Lipinski definition) is 0. The Hall–Kier alpha value is -1.11. The maximum Gasteiger partial charge on any atom is 0.339 e. The number of hydrogen-bond acceptors (Lipinski definition) is 3. The molecule has 2 aromatic carbocycles. The zero-order chi connectivity index (χ0) is 17.5. The van der Waals surface area contributed by atoms with Gasteiger partial charge in [-0.05, 0) is 49.2 Å². The Morgan fingerprint density at radius 2 is 1.67 bits per heavy atom. The molecule has 3 rings (SSSR count). The maximum atomic E-state index is 12.6. The Balaban J connectivity index is 2.14. The highest BCUT2D eigenvalue weighted by Crippen LogP contribution is 2.47. The van der Waals surface area contributed by atoms with Crippen molar-refractivity contribution in [2.75, 3.05) is 0 Å².